The standard InChI is InChI=1S/C19H27N3O4/c1-14-11-15(12-16(23)20-14)17(24)22-9-6-19(13-22)5-3-7-21(18(19)25)8-4-10-26-2/h11-12H,3-10,13H2,1-2H3,(H,20,23). The lowest BCUT2D eigenvalue weighted by atomic mass is 9.78. The summed E-state index contributed by atoms with van der Waals surface area (Å²) in [5, 5.41) is 0. The van der Waals surface area contributed by atoms with Gasteiger partial charge >= 0.3 is 0 Å². The van der Waals surface area contributed by atoms with E-state index < -0.39 is 5.41 Å². The van der Waals surface area contributed by atoms with E-state index in [0.29, 0.717) is 43.9 Å². The number of likely N-dealkylation sites (tertiary alicyclic amines) is 2. The van der Waals surface area contributed by atoms with E-state index in [1.54, 1.807) is 25.0 Å². The number of aromatic nitrogens is 1. The molecule has 1 N–H and O–H groups in total. The topological polar surface area (TPSA) is 82.7 Å². The molecular weight excluding hydrogens is 334 g/mol. The van der Waals surface area contributed by atoms with E-state index in [-0.39, 0.29) is 17.4 Å². The van der Waals surface area contributed by atoms with Crippen LogP contribution in [0.15, 0.2) is 16.9 Å². The predicted octanol–water partition coefficient (Wildman–Crippen LogP) is 1.17. The average molecular weight is 361 g/mol. The van der Waals surface area contributed by atoms with Crippen molar-refractivity contribution in [3.63, 3.8) is 0 Å². The number of carbonyl (C=O) groups is 2. The van der Waals surface area contributed by atoms with Gasteiger partial charge in [0.1, 0.15) is 0 Å². The van der Waals surface area contributed by atoms with Gasteiger partial charge in [-0.1, -0.05) is 0 Å². The van der Waals surface area contributed by atoms with Crippen molar-refractivity contribution >= 4 is 11.8 Å². The molecule has 1 atom stereocenters. The number of nitrogens with one attached hydrogen (secondary N) is 1. The number of nitrogens with zero attached hydrogens (tertiary/aromatic N) is 2. The van der Waals surface area contributed by atoms with Crippen molar-refractivity contribution in [2.75, 3.05) is 39.9 Å². The lowest BCUT2D eigenvalue weighted by Gasteiger charge is -2.39. The number of ether oxygens (including phenoxy) is 1. The number of hydrogen-bond donors (Lipinski definition) is 1. The number of hydrogen-bond acceptors (Lipinski definition) is 4. The van der Waals surface area contributed by atoms with Crippen LogP contribution in [0.1, 0.15) is 41.7 Å². The Morgan fingerprint density at radius 1 is 1.27 bits per heavy atom. The Labute approximate surface area is 153 Å². The van der Waals surface area contributed by atoms with Crippen LogP contribution in [0.5, 0.6) is 0 Å². The fourth-order valence-electron chi connectivity index (χ4n) is 4.18. The van der Waals surface area contributed by atoms with E-state index in [1.807, 2.05) is 4.90 Å². The largest absolute Gasteiger partial charge is 0.385 e. The molecule has 2 amide bonds. The first-order valence-electron chi connectivity index (χ1n) is 9.24. The second-order valence-electron chi connectivity index (χ2n) is 7.42. The molecule has 7 heteroatoms. The molecule has 0 radical (unpaired) electrons. The highest BCUT2D eigenvalue weighted by Crippen LogP contribution is 2.40. The van der Waals surface area contributed by atoms with Crippen molar-refractivity contribution in [1.29, 1.82) is 0 Å². The molecule has 1 unspecified atom stereocenters. The molecule has 2 aliphatic rings. The minimum atomic E-state index is -0.461. The quantitative estimate of drug-likeness (QED) is 0.798. The summed E-state index contributed by atoms with van der Waals surface area (Å²) < 4.78 is 5.08. The molecule has 0 bridgehead atoms. The highest BCUT2D eigenvalue weighted by molar-refractivity contribution is 5.95. The summed E-state index contributed by atoms with van der Waals surface area (Å²) in [5.74, 6) is -0.00220. The highest BCUT2D eigenvalue weighted by Gasteiger charge is 2.49. The molecule has 1 aromatic rings. The highest BCUT2D eigenvalue weighted by atomic mass is 16.5. The zero-order chi connectivity index (χ0) is 18.7. The smallest absolute Gasteiger partial charge is 0.254 e. The van der Waals surface area contributed by atoms with Crippen LogP contribution in [0.2, 0.25) is 0 Å². The second kappa shape index (κ2) is 7.61. The summed E-state index contributed by atoms with van der Waals surface area (Å²) in [6.07, 6.45) is 3.31. The van der Waals surface area contributed by atoms with Gasteiger partial charge in [0.15, 0.2) is 0 Å². The number of methoxy groups -OCH3 is 1. The summed E-state index contributed by atoms with van der Waals surface area (Å²) in [6.45, 7) is 4.89. The Morgan fingerprint density at radius 3 is 2.81 bits per heavy atom. The summed E-state index contributed by atoms with van der Waals surface area (Å²) >= 11 is 0. The number of rotatable bonds is 5. The van der Waals surface area contributed by atoms with Crippen molar-refractivity contribution in [3.05, 3.63) is 33.7 Å². The minimum Gasteiger partial charge on any atom is -0.385 e. The molecule has 0 saturated carbocycles. The summed E-state index contributed by atoms with van der Waals surface area (Å²) in [4.78, 5) is 43.8. The van der Waals surface area contributed by atoms with Crippen LogP contribution in [-0.4, -0.2) is 66.5 Å². The fourth-order valence-corrected chi connectivity index (χ4v) is 4.18. The number of piperidine rings is 1. The molecule has 3 rings (SSSR count). The third-order valence-electron chi connectivity index (χ3n) is 5.47. The van der Waals surface area contributed by atoms with Gasteiger partial charge in [0, 0.05) is 57.2 Å². The Morgan fingerprint density at radius 2 is 2.08 bits per heavy atom. The van der Waals surface area contributed by atoms with Crippen LogP contribution >= 0.6 is 0 Å². The molecular formula is C19H27N3O4. The molecule has 1 spiro atoms. The van der Waals surface area contributed by atoms with Gasteiger partial charge in [-0.25, -0.2) is 0 Å². The Bertz CT molecular complexity index is 745. The molecule has 142 valence electrons. The van der Waals surface area contributed by atoms with Gasteiger partial charge in [-0.3, -0.25) is 14.4 Å². The normalized spacial score (nSPS) is 23.1. The number of H-pyrrole nitrogens is 1. The predicted molar refractivity (Wildman–Crippen MR) is 97.1 cm³/mol. The molecule has 2 fully saturated rings. The van der Waals surface area contributed by atoms with Gasteiger partial charge in [-0.2, -0.15) is 0 Å². The Balaban J connectivity index is 1.71. The number of aryl methyl sites for hydroxylation is 1. The summed E-state index contributed by atoms with van der Waals surface area (Å²) in [5.41, 5.74) is 0.314. The molecule has 0 aliphatic carbocycles. The third-order valence-corrected chi connectivity index (χ3v) is 5.47. The second-order valence-corrected chi connectivity index (χ2v) is 7.42. The number of aromatic amines is 1. The molecule has 2 saturated heterocycles. The first kappa shape index (κ1) is 18.6. The van der Waals surface area contributed by atoms with E-state index in [0.717, 1.165) is 25.8 Å². The van der Waals surface area contributed by atoms with E-state index in [4.69, 9.17) is 4.74 Å². The summed E-state index contributed by atoms with van der Waals surface area (Å²) in [6, 6.07) is 3.02. The Kier molecular flexibility index (Phi) is 5.46. The zero-order valence-corrected chi connectivity index (χ0v) is 15.5. The molecule has 26 heavy (non-hydrogen) atoms. The number of carbonyl (C=O) groups excluding carboxylic acids is 2. The van der Waals surface area contributed by atoms with E-state index in [1.165, 1.54) is 6.07 Å². The van der Waals surface area contributed by atoms with E-state index >= 15 is 0 Å². The van der Waals surface area contributed by atoms with Crippen molar-refractivity contribution in [2.45, 2.75) is 32.6 Å². The van der Waals surface area contributed by atoms with Crippen LogP contribution in [0.4, 0.5) is 0 Å². The first-order chi connectivity index (χ1) is 12.4. The van der Waals surface area contributed by atoms with Crippen molar-refractivity contribution in [1.82, 2.24) is 14.8 Å². The molecule has 1 aromatic heterocycles. The Hall–Kier alpha value is -2.15. The molecule has 3 heterocycles. The zero-order valence-electron chi connectivity index (χ0n) is 15.5. The lowest BCUT2D eigenvalue weighted by Crippen LogP contribution is -2.50. The molecule has 7 nitrogen and oxygen atoms in total. The first-order valence-corrected chi connectivity index (χ1v) is 9.24. The maximum absolute atomic E-state index is 13.0. The van der Waals surface area contributed by atoms with Gasteiger partial charge in [-0.05, 0) is 38.7 Å². The number of pyridine rings is 1. The maximum Gasteiger partial charge on any atom is 0.254 e. The van der Waals surface area contributed by atoms with Crippen molar-refractivity contribution in [3.8, 4) is 0 Å². The third kappa shape index (κ3) is 3.67. The molecule has 2 aliphatic heterocycles. The van der Waals surface area contributed by atoms with Gasteiger partial charge in [-0.15, -0.1) is 0 Å². The van der Waals surface area contributed by atoms with Crippen LogP contribution in [0.25, 0.3) is 0 Å². The fraction of sp³-hybridized carbons (Fsp3) is 0.632. The van der Waals surface area contributed by atoms with Crippen LogP contribution in [-0.2, 0) is 9.53 Å². The van der Waals surface area contributed by atoms with Crippen LogP contribution in [0, 0.1) is 12.3 Å². The van der Waals surface area contributed by atoms with Crippen molar-refractivity contribution < 1.29 is 14.3 Å². The van der Waals surface area contributed by atoms with Gasteiger partial charge in [0.2, 0.25) is 11.5 Å². The molecule has 0 aromatic carbocycles. The minimum absolute atomic E-state index is 0.164. The SMILES string of the molecule is COCCCN1CCCC2(CCN(C(=O)c3cc(C)[nH]c(=O)c3)C2)C1=O. The monoisotopic (exact) mass is 361 g/mol. The lowest BCUT2D eigenvalue weighted by molar-refractivity contribution is -0.145. The van der Waals surface area contributed by atoms with Crippen LogP contribution in [0.3, 0.4) is 0 Å². The maximum atomic E-state index is 13.0. The number of amides is 2. The average Bonchev–Trinajstić information content (AvgIpc) is 3.02. The van der Waals surface area contributed by atoms with Gasteiger partial charge in [0.25, 0.3) is 5.91 Å². The summed E-state index contributed by atoms with van der Waals surface area (Å²) in [7, 11) is 1.66. The van der Waals surface area contributed by atoms with Crippen LogP contribution < -0.4 is 5.56 Å². The van der Waals surface area contributed by atoms with E-state index in [2.05, 4.69) is 4.98 Å². The van der Waals surface area contributed by atoms with E-state index in [9.17, 15) is 14.4 Å². The van der Waals surface area contributed by atoms with Gasteiger partial charge in [0.05, 0.1) is 5.41 Å². The van der Waals surface area contributed by atoms with Crippen molar-refractivity contribution in [2.24, 2.45) is 5.41 Å². The van der Waals surface area contributed by atoms with Gasteiger partial charge < -0.3 is 19.5 Å².